The smallest absolute Gasteiger partial charge is 0.335 e. The summed E-state index contributed by atoms with van der Waals surface area (Å²) in [5.74, 6) is -0.983. The van der Waals surface area contributed by atoms with Crippen molar-refractivity contribution in [3.63, 3.8) is 0 Å². The van der Waals surface area contributed by atoms with Crippen LogP contribution in [0.15, 0.2) is 24.3 Å². The van der Waals surface area contributed by atoms with Crippen molar-refractivity contribution in [3.8, 4) is 0 Å². The molecule has 0 heterocycles. The van der Waals surface area contributed by atoms with Crippen LogP contribution in [-0.4, -0.2) is 22.6 Å². The number of carboxylic acids is 1. The molecule has 5 heteroatoms. The number of amides is 2. The van der Waals surface area contributed by atoms with E-state index in [1.165, 1.54) is 12.1 Å². The molecule has 0 bridgehead atoms. The maximum Gasteiger partial charge on any atom is 0.335 e. The van der Waals surface area contributed by atoms with E-state index in [0.717, 1.165) is 19.3 Å². The number of rotatable bonds is 6. The van der Waals surface area contributed by atoms with Gasteiger partial charge in [0, 0.05) is 11.2 Å². The van der Waals surface area contributed by atoms with Crippen LogP contribution in [0, 0.1) is 0 Å². The van der Waals surface area contributed by atoms with E-state index in [2.05, 4.69) is 31.4 Å². The molecule has 20 heavy (non-hydrogen) atoms. The number of carbonyl (C=O) groups excluding carboxylic acids is 1. The van der Waals surface area contributed by atoms with E-state index in [9.17, 15) is 9.59 Å². The normalized spacial score (nSPS) is 10.9. The standard InChI is InChI=1S/C15H22N2O3/c1-4-15(5-2,6-3)17-14(20)16-12-9-7-11(8-10-12)13(18)19/h7-10H,4-6H2,1-3H3,(H,18,19)(H2,16,17,20). The third-order valence-corrected chi connectivity index (χ3v) is 3.80. The molecule has 0 saturated heterocycles. The number of benzene rings is 1. The number of aromatic carboxylic acids is 1. The summed E-state index contributed by atoms with van der Waals surface area (Å²) >= 11 is 0. The van der Waals surface area contributed by atoms with Gasteiger partial charge in [0.1, 0.15) is 0 Å². The first-order valence-corrected chi connectivity index (χ1v) is 6.89. The summed E-state index contributed by atoms with van der Waals surface area (Å²) < 4.78 is 0. The molecule has 0 atom stereocenters. The van der Waals surface area contributed by atoms with E-state index >= 15 is 0 Å². The number of urea groups is 1. The molecule has 1 rings (SSSR count). The zero-order valence-electron chi connectivity index (χ0n) is 12.2. The van der Waals surface area contributed by atoms with Crippen molar-refractivity contribution >= 4 is 17.7 Å². The first-order chi connectivity index (χ1) is 9.46. The Labute approximate surface area is 119 Å². The third kappa shape index (κ3) is 3.98. The van der Waals surface area contributed by atoms with Crippen LogP contribution in [0.1, 0.15) is 50.4 Å². The molecule has 0 spiro atoms. The summed E-state index contributed by atoms with van der Waals surface area (Å²) in [5, 5.41) is 14.5. The second kappa shape index (κ2) is 6.93. The summed E-state index contributed by atoms with van der Waals surface area (Å²) in [6.07, 6.45) is 2.60. The van der Waals surface area contributed by atoms with Crippen LogP contribution in [0.25, 0.3) is 0 Å². The zero-order chi connectivity index (χ0) is 15.2. The Balaban J connectivity index is 2.68. The quantitative estimate of drug-likeness (QED) is 0.745. The van der Waals surface area contributed by atoms with Crippen molar-refractivity contribution in [1.82, 2.24) is 5.32 Å². The molecule has 110 valence electrons. The van der Waals surface area contributed by atoms with E-state index in [1.54, 1.807) is 12.1 Å². The summed E-state index contributed by atoms with van der Waals surface area (Å²) in [6, 6.07) is 5.82. The lowest BCUT2D eigenvalue weighted by atomic mass is 9.90. The highest BCUT2D eigenvalue weighted by atomic mass is 16.4. The number of hydrogen-bond acceptors (Lipinski definition) is 2. The van der Waals surface area contributed by atoms with Gasteiger partial charge in [-0.2, -0.15) is 0 Å². The van der Waals surface area contributed by atoms with Gasteiger partial charge in [0.05, 0.1) is 5.56 Å². The molecule has 0 unspecified atom stereocenters. The van der Waals surface area contributed by atoms with Gasteiger partial charge < -0.3 is 15.7 Å². The average molecular weight is 278 g/mol. The van der Waals surface area contributed by atoms with E-state index < -0.39 is 5.97 Å². The van der Waals surface area contributed by atoms with Gasteiger partial charge in [0.2, 0.25) is 0 Å². The van der Waals surface area contributed by atoms with Crippen LogP contribution < -0.4 is 10.6 Å². The second-order valence-corrected chi connectivity index (χ2v) is 4.80. The maximum atomic E-state index is 12.0. The molecule has 0 fully saturated rings. The molecule has 0 aromatic heterocycles. The number of nitrogens with one attached hydrogen (secondary N) is 2. The van der Waals surface area contributed by atoms with Crippen molar-refractivity contribution in [2.24, 2.45) is 0 Å². The number of anilines is 1. The molecule has 1 aromatic carbocycles. The highest BCUT2D eigenvalue weighted by molar-refractivity contribution is 5.91. The predicted octanol–water partition coefficient (Wildman–Crippen LogP) is 3.48. The lowest BCUT2D eigenvalue weighted by molar-refractivity contribution is 0.0697. The molecule has 0 aliphatic rings. The Morgan fingerprint density at radius 3 is 1.95 bits per heavy atom. The van der Waals surface area contributed by atoms with Crippen molar-refractivity contribution in [1.29, 1.82) is 0 Å². The molecule has 5 nitrogen and oxygen atoms in total. The Kier molecular flexibility index (Phi) is 5.55. The number of carbonyl (C=O) groups is 2. The summed E-state index contributed by atoms with van der Waals surface area (Å²) in [5.41, 5.74) is 0.580. The fourth-order valence-electron chi connectivity index (χ4n) is 2.11. The van der Waals surface area contributed by atoms with Gasteiger partial charge in [0.15, 0.2) is 0 Å². The van der Waals surface area contributed by atoms with Crippen molar-refractivity contribution in [2.75, 3.05) is 5.32 Å². The van der Waals surface area contributed by atoms with Crippen molar-refractivity contribution in [3.05, 3.63) is 29.8 Å². The van der Waals surface area contributed by atoms with Crippen LogP contribution in [-0.2, 0) is 0 Å². The Hall–Kier alpha value is -2.04. The monoisotopic (exact) mass is 278 g/mol. The largest absolute Gasteiger partial charge is 0.478 e. The van der Waals surface area contributed by atoms with E-state index in [0.29, 0.717) is 5.69 Å². The maximum absolute atomic E-state index is 12.0. The number of hydrogen-bond donors (Lipinski definition) is 3. The van der Waals surface area contributed by atoms with Gasteiger partial charge >= 0.3 is 12.0 Å². The summed E-state index contributed by atoms with van der Waals surface area (Å²) in [6.45, 7) is 6.15. The van der Waals surface area contributed by atoms with Gasteiger partial charge in [-0.3, -0.25) is 0 Å². The van der Waals surface area contributed by atoms with E-state index in [1.807, 2.05) is 0 Å². The Morgan fingerprint density at radius 1 is 1.05 bits per heavy atom. The first kappa shape index (κ1) is 16.0. The molecular weight excluding hydrogens is 256 g/mol. The summed E-state index contributed by atoms with van der Waals surface area (Å²) in [4.78, 5) is 22.7. The van der Waals surface area contributed by atoms with Gasteiger partial charge in [-0.25, -0.2) is 9.59 Å². The topological polar surface area (TPSA) is 78.4 Å². The molecule has 1 aromatic rings. The highest BCUT2D eigenvalue weighted by Crippen LogP contribution is 2.19. The minimum absolute atomic E-state index is 0.189. The van der Waals surface area contributed by atoms with Crippen LogP contribution in [0.3, 0.4) is 0 Å². The predicted molar refractivity (Wildman–Crippen MR) is 79.2 cm³/mol. The van der Waals surface area contributed by atoms with Crippen molar-refractivity contribution < 1.29 is 14.7 Å². The summed E-state index contributed by atoms with van der Waals surface area (Å²) in [7, 11) is 0. The molecule has 0 saturated carbocycles. The lowest BCUT2D eigenvalue weighted by Crippen LogP contribution is -2.48. The van der Waals surface area contributed by atoms with Crippen LogP contribution in [0.2, 0.25) is 0 Å². The van der Waals surface area contributed by atoms with Gasteiger partial charge in [0.25, 0.3) is 0 Å². The molecular formula is C15H22N2O3. The molecule has 0 aliphatic carbocycles. The van der Waals surface area contributed by atoms with Gasteiger partial charge in [-0.1, -0.05) is 20.8 Å². The fourth-order valence-corrected chi connectivity index (χ4v) is 2.11. The second-order valence-electron chi connectivity index (χ2n) is 4.80. The molecule has 2 amide bonds. The minimum atomic E-state index is -0.983. The van der Waals surface area contributed by atoms with E-state index in [4.69, 9.17) is 5.11 Å². The SMILES string of the molecule is CCC(CC)(CC)NC(=O)Nc1ccc(C(=O)O)cc1. The minimum Gasteiger partial charge on any atom is -0.478 e. The first-order valence-electron chi connectivity index (χ1n) is 6.89. The lowest BCUT2D eigenvalue weighted by Gasteiger charge is -2.31. The van der Waals surface area contributed by atoms with E-state index in [-0.39, 0.29) is 17.1 Å². The van der Waals surface area contributed by atoms with Crippen LogP contribution >= 0.6 is 0 Å². The molecule has 0 radical (unpaired) electrons. The van der Waals surface area contributed by atoms with Crippen molar-refractivity contribution in [2.45, 2.75) is 45.6 Å². The Bertz CT molecular complexity index is 456. The molecule has 3 N–H and O–H groups in total. The fraction of sp³-hybridized carbons (Fsp3) is 0.467. The Morgan fingerprint density at radius 2 is 1.55 bits per heavy atom. The zero-order valence-corrected chi connectivity index (χ0v) is 12.2. The van der Waals surface area contributed by atoms with Crippen LogP contribution in [0.5, 0.6) is 0 Å². The van der Waals surface area contributed by atoms with Gasteiger partial charge in [-0.15, -0.1) is 0 Å². The average Bonchev–Trinajstić information content (AvgIpc) is 2.45. The third-order valence-electron chi connectivity index (χ3n) is 3.80. The van der Waals surface area contributed by atoms with Crippen LogP contribution in [0.4, 0.5) is 10.5 Å². The van der Waals surface area contributed by atoms with Gasteiger partial charge in [-0.05, 0) is 43.5 Å². The number of carboxylic acid groups (broad SMARTS) is 1. The highest BCUT2D eigenvalue weighted by Gasteiger charge is 2.25. The molecule has 0 aliphatic heterocycles.